The fraction of sp³-hybridized carbons (Fsp3) is 0.389. The summed E-state index contributed by atoms with van der Waals surface area (Å²) in [5.74, 6) is 0.0831. The van der Waals surface area contributed by atoms with Crippen molar-refractivity contribution in [1.29, 1.82) is 0 Å². The lowest BCUT2D eigenvalue weighted by Crippen LogP contribution is -2.47. The van der Waals surface area contributed by atoms with Gasteiger partial charge >= 0.3 is 0 Å². The average molecular weight is 295 g/mol. The smallest absolute Gasteiger partial charge is 0.255 e. The molecule has 0 spiro atoms. The third-order valence-corrected chi connectivity index (χ3v) is 4.37. The van der Waals surface area contributed by atoms with Crippen LogP contribution in [-0.2, 0) is 0 Å². The minimum Gasteiger partial charge on any atom is -0.333 e. The Labute approximate surface area is 131 Å². The van der Waals surface area contributed by atoms with Crippen LogP contribution in [0, 0.1) is 0 Å². The molecule has 1 fully saturated rings. The molecule has 4 nitrogen and oxygen atoms in total. The Bertz CT molecular complexity index is 629. The van der Waals surface area contributed by atoms with E-state index in [0.717, 1.165) is 24.2 Å². The second kappa shape index (κ2) is 6.26. The molecule has 1 aliphatic rings. The van der Waals surface area contributed by atoms with E-state index in [0.29, 0.717) is 17.6 Å². The Kier molecular flexibility index (Phi) is 4.18. The van der Waals surface area contributed by atoms with E-state index in [-0.39, 0.29) is 5.91 Å². The molecule has 3 heterocycles. The molecular weight excluding hydrogens is 274 g/mol. The first-order valence-corrected chi connectivity index (χ1v) is 7.87. The molecule has 4 heteroatoms. The maximum atomic E-state index is 12.7. The Balaban J connectivity index is 1.82. The molecule has 0 N–H and O–H groups in total. The Hall–Kier alpha value is -2.23. The van der Waals surface area contributed by atoms with Crippen molar-refractivity contribution in [2.24, 2.45) is 0 Å². The third-order valence-electron chi connectivity index (χ3n) is 4.37. The molecule has 1 amide bonds. The summed E-state index contributed by atoms with van der Waals surface area (Å²) in [6, 6.07) is 10.0. The fourth-order valence-corrected chi connectivity index (χ4v) is 3.16. The van der Waals surface area contributed by atoms with Crippen molar-refractivity contribution in [3.05, 3.63) is 48.3 Å². The van der Waals surface area contributed by atoms with Crippen molar-refractivity contribution in [3.8, 4) is 11.4 Å². The summed E-state index contributed by atoms with van der Waals surface area (Å²) in [7, 11) is 0. The molecule has 0 aliphatic carbocycles. The van der Waals surface area contributed by atoms with E-state index < -0.39 is 0 Å². The van der Waals surface area contributed by atoms with Gasteiger partial charge in [0.1, 0.15) is 0 Å². The van der Waals surface area contributed by atoms with Crippen LogP contribution in [0.15, 0.2) is 42.7 Å². The van der Waals surface area contributed by atoms with Crippen LogP contribution in [0.5, 0.6) is 0 Å². The number of hydrogen-bond acceptors (Lipinski definition) is 3. The number of amides is 1. The van der Waals surface area contributed by atoms with Crippen molar-refractivity contribution < 1.29 is 4.79 Å². The first kappa shape index (κ1) is 14.7. The van der Waals surface area contributed by atoms with E-state index in [2.05, 4.69) is 23.8 Å². The maximum absolute atomic E-state index is 12.7. The van der Waals surface area contributed by atoms with Gasteiger partial charge in [0.25, 0.3) is 5.91 Å². The molecule has 22 heavy (non-hydrogen) atoms. The van der Waals surface area contributed by atoms with E-state index in [9.17, 15) is 4.79 Å². The number of carbonyl (C=O) groups excluding carboxylic acids is 1. The zero-order chi connectivity index (χ0) is 15.5. The van der Waals surface area contributed by atoms with Crippen molar-refractivity contribution >= 4 is 5.91 Å². The first-order valence-electron chi connectivity index (χ1n) is 7.87. The highest BCUT2D eigenvalue weighted by Gasteiger charge is 2.29. The molecule has 2 aromatic heterocycles. The maximum Gasteiger partial charge on any atom is 0.255 e. The number of piperidine rings is 1. The van der Waals surface area contributed by atoms with Crippen LogP contribution in [0.25, 0.3) is 11.4 Å². The molecule has 2 atom stereocenters. The van der Waals surface area contributed by atoms with Crippen LogP contribution >= 0.6 is 0 Å². The number of aromatic nitrogens is 2. The molecule has 1 aliphatic heterocycles. The summed E-state index contributed by atoms with van der Waals surface area (Å²) in [6.07, 6.45) is 6.77. The van der Waals surface area contributed by atoms with Gasteiger partial charge in [0, 0.05) is 24.5 Å². The molecular formula is C18H21N3O. The quantitative estimate of drug-likeness (QED) is 0.851. The standard InChI is InChI=1S/C18H21N3O/c1-13-6-5-7-14(2)21(13)18(22)15-9-10-17(20-12-15)16-8-3-4-11-19-16/h3-4,8-14H,5-7H2,1-2H3. The second-order valence-electron chi connectivity index (χ2n) is 5.99. The van der Waals surface area contributed by atoms with Crippen LogP contribution in [0.1, 0.15) is 43.5 Å². The topological polar surface area (TPSA) is 46.1 Å². The molecule has 3 rings (SSSR count). The van der Waals surface area contributed by atoms with Crippen LogP contribution in [-0.4, -0.2) is 32.9 Å². The average Bonchev–Trinajstić information content (AvgIpc) is 2.55. The van der Waals surface area contributed by atoms with Gasteiger partial charge < -0.3 is 4.90 Å². The SMILES string of the molecule is CC1CCCC(C)N1C(=O)c1ccc(-c2ccccn2)nc1. The summed E-state index contributed by atoms with van der Waals surface area (Å²) < 4.78 is 0. The van der Waals surface area contributed by atoms with Gasteiger partial charge in [-0.15, -0.1) is 0 Å². The summed E-state index contributed by atoms with van der Waals surface area (Å²) in [5, 5.41) is 0. The van der Waals surface area contributed by atoms with Crippen molar-refractivity contribution in [2.45, 2.75) is 45.2 Å². The lowest BCUT2D eigenvalue weighted by atomic mass is 9.96. The van der Waals surface area contributed by atoms with Crippen LogP contribution in [0.2, 0.25) is 0 Å². The lowest BCUT2D eigenvalue weighted by Gasteiger charge is -2.39. The normalized spacial score (nSPS) is 21.6. The highest BCUT2D eigenvalue weighted by Crippen LogP contribution is 2.25. The monoisotopic (exact) mass is 295 g/mol. The molecule has 0 saturated carbocycles. The Morgan fingerprint density at radius 2 is 1.77 bits per heavy atom. The number of rotatable bonds is 2. The van der Waals surface area contributed by atoms with Gasteiger partial charge in [-0.25, -0.2) is 0 Å². The predicted molar refractivity (Wildman–Crippen MR) is 86.4 cm³/mol. The molecule has 114 valence electrons. The first-order chi connectivity index (χ1) is 10.7. The van der Waals surface area contributed by atoms with Gasteiger partial charge in [0.15, 0.2) is 0 Å². The number of likely N-dealkylation sites (tertiary alicyclic amines) is 1. The molecule has 1 saturated heterocycles. The van der Waals surface area contributed by atoms with Gasteiger partial charge in [0.05, 0.1) is 17.0 Å². The molecule has 0 radical (unpaired) electrons. The number of hydrogen-bond donors (Lipinski definition) is 0. The minimum atomic E-state index is 0.0831. The lowest BCUT2D eigenvalue weighted by molar-refractivity contribution is 0.0510. The summed E-state index contributed by atoms with van der Waals surface area (Å²) in [5.41, 5.74) is 2.26. The number of carbonyl (C=O) groups is 1. The summed E-state index contributed by atoms with van der Waals surface area (Å²) in [4.78, 5) is 23.4. The number of pyridine rings is 2. The highest BCUT2D eigenvalue weighted by molar-refractivity contribution is 5.94. The summed E-state index contributed by atoms with van der Waals surface area (Å²) >= 11 is 0. The van der Waals surface area contributed by atoms with Crippen molar-refractivity contribution in [1.82, 2.24) is 14.9 Å². The fourth-order valence-electron chi connectivity index (χ4n) is 3.16. The van der Waals surface area contributed by atoms with Gasteiger partial charge in [-0.3, -0.25) is 14.8 Å². The predicted octanol–water partition coefficient (Wildman–Crippen LogP) is 3.55. The zero-order valence-electron chi connectivity index (χ0n) is 13.1. The van der Waals surface area contributed by atoms with Gasteiger partial charge in [-0.1, -0.05) is 6.07 Å². The molecule has 2 unspecified atom stereocenters. The Morgan fingerprint density at radius 3 is 2.36 bits per heavy atom. The summed E-state index contributed by atoms with van der Waals surface area (Å²) in [6.45, 7) is 4.26. The van der Waals surface area contributed by atoms with Gasteiger partial charge in [-0.2, -0.15) is 0 Å². The molecule has 0 bridgehead atoms. The van der Waals surface area contributed by atoms with Gasteiger partial charge in [0.2, 0.25) is 0 Å². The largest absolute Gasteiger partial charge is 0.333 e. The van der Waals surface area contributed by atoms with E-state index in [4.69, 9.17) is 0 Å². The minimum absolute atomic E-state index is 0.0831. The van der Waals surface area contributed by atoms with E-state index in [1.54, 1.807) is 12.4 Å². The van der Waals surface area contributed by atoms with E-state index >= 15 is 0 Å². The molecule has 0 aromatic carbocycles. The Morgan fingerprint density at radius 1 is 1.05 bits per heavy atom. The van der Waals surface area contributed by atoms with Crippen LogP contribution in [0.3, 0.4) is 0 Å². The number of nitrogens with zero attached hydrogens (tertiary/aromatic N) is 3. The second-order valence-corrected chi connectivity index (χ2v) is 5.99. The zero-order valence-corrected chi connectivity index (χ0v) is 13.1. The van der Waals surface area contributed by atoms with Crippen LogP contribution < -0.4 is 0 Å². The van der Waals surface area contributed by atoms with Gasteiger partial charge in [-0.05, 0) is 57.4 Å². The molecule has 2 aromatic rings. The van der Waals surface area contributed by atoms with Crippen molar-refractivity contribution in [3.63, 3.8) is 0 Å². The van der Waals surface area contributed by atoms with E-state index in [1.807, 2.05) is 35.2 Å². The van der Waals surface area contributed by atoms with E-state index in [1.165, 1.54) is 6.42 Å². The third kappa shape index (κ3) is 2.86. The highest BCUT2D eigenvalue weighted by atomic mass is 16.2. The van der Waals surface area contributed by atoms with Crippen molar-refractivity contribution in [2.75, 3.05) is 0 Å². The van der Waals surface area contributed by atoms with Crippen LogP contribution in [0.4, 0.5) is 0 Å².